The average molecular weight is 531 g/mol. The van der Waals surface area contributed by atoms with E-state index in [-0.39, 0.29) is 17.8 Å². The van der Waals surface area contributed by atoms with Crippen LogP contribution in [0.15, 0.2) is 69.9 Å². The zero-order valence-corrected chi connectivity index (χ0v) is 23.4. The van der Waals surface area contributed by atoms with Crippen LogP contribution in [-0.4, -0.2) is 21.3 Å². The molecule has 0 saturated carbocycles. The largest absolute Gasteiger partial charge is 0.493 e. The van der Waals surface area contributed by atoms with E-state index < -0.39 is 0 Å². The standard InChI is InChI=1S/C33H38O6/c1-5-6-7-8-9-11-14-23-17-18-26-27(19-23)39-31(25-20-28(35-2)32(37-4)29(21-25)36-3)33(30(26)34)38-22-24-15-12-10-13-16-24/h10,12-13,15-21H,5-9,11,14,22H2,1-4H3. The van der Waals surface area contributed by atoms with Gasteiger partial charge in [-0.25, -0.2) is 0 Å². The van der Waals surface area contributed by atoms with E-state index in [1.54, 1.807) is 33.5 Å². The summed E-state index contributed by atoms with van der Waals surface area (Å²) >= 11 is 0. The summed E-state index contributed by atoms with van der Waals surface area (Å²) in [7, 11) is 4.66. The first-order valence-corrected chi connectivity index (χ1v) is 13.7. The monoisotopic (exact) mass is 530 g/mol. The second-order valence-electron chi connectivity index (χ2n) is 9.63. The lowest BCUT2D eigenvalue weighted by Crippen LogP contribution is -2.10. The third kappa shape index (κ3) is 6.75. The Kier molecular flexibility index (Phi) is 9.90. The van der Waals surface area contributed by atoms with E-state index in [2.05, 4.69) is 6.92 Å². The van der Waals surface area contributed by atoms with E-state index in [1.807, 2.05) is 48.5 Å². The number of benzene rings is 3. The maximum absolute atomic E-state index is 13.8. The second-order valence-corrected chi connectivity index (χ2v) is 9.63. The van der Waals surface area contributed by atoms with Crippen LogP contribution in [0.4, 0.5) is 0 Å². The van der Waals surface area contributed by atoms with Gasteiger partial charge in [-0.1, -0.05) is 75.4 Å². The Hall–Kier alpha value is -3.93. The molecule has 0 unspecified atom stereocenters. The van der Waals surface area contributed by atoms with Gasteiger partial charge in [-0.3, -0.25) is 4.79 Å². The molecule has 0 bridgehead atoms. The lowest BCUT2D eigenvalue weighted by molar-refractivity contribution is 0.297. The minimum atomic E-state index is -0.220. The van der Waals surface area contributed by atoms with E-state index in [9.17, 15) is 4.79 Å². The van der Waals surface area contributed by atoms with Crippen molar-refractivity contribution in [2.45, 2.75) is 58.5 Å². The summed E-state index contributed by atoms with van der Waals surface area (Å²) in [4.78, 5) is 13.8. The second kappa shape index (κ2) is 13.7. The molecule has 39 heavy (non-hydrogen) atoms. The van der Waals surface area contributed by atoms with Crippen molar-refractivity contribution in [3.63, 3.8) is 0 Å². The molecule has 1 heterocycles. The molecule has 0 radical (unpaired) electrons. The molecule has 206 valence electrons. The molecule has 4 rings (SSSR count). The van der Waals surface area contributed by atoms with Crippen molar-refractivity contribution in [3.05, 3.63) is 82.0 Å². The van der Waals surface area contributed by atoms with Crippen molar-refractivity contribution in [1.82, 2.24) is 0 Å². The Morgan fingerprint density at radius 1 is 0.718 bits per heavy atom. The van der Waals surface area contributed by atoms with Gasteiger partial charge in [0.05, 0.1) is 26.7 Å². The number of unbranched alkanes of at least 4 members (excludes halogenated alkanes) is 5. The summed E-state index contributed by atoms with van der Waals surface area (Å²) in [5.74, 6) is 1.84. The van der Waals surface area contributed by atoms with Crippen molar-refractivity contribution >= 4 is 11.0 Å². The molecule has 0 aliphatic rings. The van der Waals surface area contributed by atoms with E-state index >= 15 is 0 Å². The van der Waals surface area contributed by atoms with Gasteiger partial charge in [-0.2, -0.15) is 0 Å². The normalized spacial score (nSPS) is 11.0. The SMILES string of the molecule is CCCCCCCCc1ccc2c(=O)c(OCc3ccccc3)c(-c3cc(OC)c(OC)c(OC)c3)oc2c1. The predicted octanol–water partition coefficient (Wildman–Crippen LogP) is 7.97. The number of methoxy groups -OCH3 is 3. The molecule has 0 amide bonds. The van der Waals surface area contributed by atoms with E-state index in [4.69, 9.17) is 23.4 Å². The highest BCUT2D eigenvalue weighted by molar-refractivity contribution is 5.83. The molecule has 0 saturated heterocycles. The van der Waals surface area contributed by atoms with Gasteiger partial charge in [0.1, 0.15) is 12.2 Å². The number of rotatable bonds is 14. The summed E-state index contributed by atoms with van der Waals surface area (Å²) in [6, 6.07) is 19.1. The average Bonchev–Trinajstić information content (AvgIpc) is 2.97. The molecule has 0 spiro atoms. The van der Waals surface area contributed by atoms with Crippen LogP contribution in [0.5, 0.6) is 23.0 Å². The number of ether oxygens (including phenoxy) is 4. The van der Waals surface area contributed by atoms with Crippen LogP contribution >= 0.6 is 0 Å². The number of hydrogen-bond acceptors (Lipinski definition) is 6. The molecule has 6 nitrogen and oxygen atoms in total. The Balaban J connectivity index is 1.76. The van der Waals surface area contributed by atoms with Crippen LogP contribution < -0.4 is 24.4 Å². The van der Waals surface area contributed by atoms with Gasteiger partial charge in [0.2, 0.25) is 16.9 Å². The molecule has 0 fully saturated rings. The topological polar surface area (TPSA) is 67.1 Å². The van der Waals surface area contributed by atoms with Crippen LogP contribution in [0, 0.1) is 0 Å². The summed E-state index contributed by atoms with van der Waals surface area (Å²) in [5.41, 5.74) is 2.99. The quantitative estimate of drug-likeness (QED) is 0.154. The molecule has 6 heteroatoms. The molecule has 0 atom stereocenters. The van der Waals surface area contributed by atoms with Gasteiger partial charge in [0.25, 0.3) is 0 Å². The zero-order valence-electron chi connectivity index (χ0n) is 23.4. The highest BCUT2D eigenvalue weighted by Crippen LogP contribution is 2.43. The lowest BCUT2D eigenvalue weighted by Gasteiger charge is -2.16. The Bertz CT molecular complexity index is 1400. The number of hydrogen-bond donors (Lipinski definition) is 0. The van der Waals surface area contributed by atoms with Crippen LogP contribution in [0.3, 0.4) is 0 Å². The third-order valence-corrected chi connectivity index (χ3v) is 6.89. The summed E-state index contributed by atoms with van der Waals surface area (Å²) < 4.78 is 29.2. The smallest absolute Gasteiger partial charge is 0.235 e. The highest BCUT2D eigenvalue weighted by atomic mass is 16.5. The van der Waals surface area contributed by atoms with E-state index in [1.165, 1.54) is 32.1 Å². The van der Waals surface area contributed by atoms with Gasteiger partial charge >= 0.3 is 0 Å². The van der Waals surface area contributed by atoms with E-state index in [0.29, 0.717) is 39.5 Å². The van der Waals surface area contributed by atoms with Crippen LogP contribution in [0.1, 0.15) is 56.6 Å². The number of aryl methyl sites for hydroxylation is 1. The summed E-state index contributed by atoms with van der Waals surface area (Å²) in [6.07, 6.45) is 8.32. The molecular formula is C33H38O6. The van der Waals surface area contributed by atoms with Crippen LogP contribution in [0.25, 0.3) is 22.3 Å². The molecule has 3 aromatic carbocycles. The first kappa shape index (κ1) is 28.1. The summed E-state index contributed by atoms with van der Waals surface area (Å²) in [5, 5.41) is 0.487. The Morgan fingerprint density at radius 2 is 1.41 bits per heavy atom. The van der Waals surface area contributed by atoms with Crippen LogP contribution in [0.2, 0.25) is 0 Å². The fourth-order valence-electron chi connectivity index (χ4n) is 4.75. The molecule has 1 aromatic heterocycles. The highest BCUT2D eigenvalue weighted by Gasteiger charge is 2.22. The van der Waals surface area contributed by atoms with Crippen molar-refractivity contribution < 1.29 is 23.4 Å². The third-order valence-electron chi connectivity index (χ3n) is 6.89. The first-order valence-electron chi connectivity index (χ1n) is 13.7. The molecule has 0 N–H and O–H groups in total. The van der Waals surface area contributed by atoms with Crippen molar-refractivity contribution in [2.75, 3.05) is 21.3 Å². The van der Waals surface area contributed by atoms with Crippen molar-refractivity contribution in [3.8, 4) is 34.3 Å². The Labute approximate surface area is 230 Å². The molecule has 0 aliphatic heterocycles. The Morgan fingerprint density at radius 3 is 2.08 bits per heavy atom. The minimum Gasteiger partial charge on any atom is -0.493 e. The summed E-state index contributed by atoms with van der Waals surface area (Å²) in [6.45, 7) is 2.46. The zero-order chi connectivity index (χ0) is 27.6. The molecule has 4 aromatic rings. The van der Waals surface area contributed by atoms with Crippen molar-refractivity contribution in [2.24, 2.45) is 0 Å². The van der Waals surface area contributed by atoms with Crippen molar-refractivity contribution in [1.29, 1.82) is 0 Å². The maximum atomic E-state index is 13.8. The van der Waals surface area contributed by atoms with Gasteiger partial charge in [0, 0.05) is 5.56 Å². The van der Waals surface area contributed by atoms with Gasteiger partial charge < -0.3 is 23.4 Å². The fraction of sp³-hybridized carbons (Fsp3) is 0.364. The minimum absolute atomic E-state index is 0.143. The van der Waals surface area contributed by atoms with E-state index in [0.717, 1.165) is 24.0 Å². The van der Waals surface area contributed by atoms with Gasteiger partial charge in [0.15, 0.2) is 17.3 Å². The predicted molar refractivity (Wildman–Crippen MR) is 155 cm³/mol. The fourth-order valence-corrected chi connectivity index (χ4v) is 4.75. The number of fused-ring (bicyclic) bond motifs is 1. The molecule has 0 aliphatic carbocycles. The first-order chi connectivity index (χ1) is 19.1. The van der Waals surface area contributed by atoms with Gasteiger partial charge in [-0.05, 0) is 48.2 Å². The molecular weight excluding hydrogens is 492 g/mol. The van der Waals surface area contributed by atoms with Gasteiger partial charge in [-0.15, -0.1) is 0 Å². The lowest BCUT2D eigenvalue weighted by atomic mass is 10.0. The maximum Gasteiger partial charge on any atom is 0.235 e. The van der Waals surface area contributed by atoms with Crippen LogP contribution in [-0.2, 0) is 13.0 Å².